The van der Waals surface area contributed by atoms with Gasteiger partial charge in [0.05, 0.1) is 41.8 Å². The zero-order valence-corrected chi connectivity index (χ0v) is 23.8. The molecule has 2 saturated heterocycles. The maximum absolute atomic E-state index is 14.2. The number of ether oxygens (including phenoxy) is 1. The second kappa shape index (κ2) is 12.7. The summed E-state index contributed by atoms with van der Waals surface area (Å²) in [5.74, 6) is 0.777. The van der Waals surface area contributed by atoms with Crippen LogP contribution >= 0.6 is 11.6 Å². The Bertz CT molecular complexity index is 1420. The van der Waals surface area contributed by atoms with Crippen molar-refractivity contribution in [2.24, 2.45) is 0 Å². The first-order valence-corrected chi connectivity index (χ1v) is 13.9. The highest BCUT2D eigenvalue weighted by molar-refractivity contribution is 6.30. The van der Waals surface area contributed by atoms with Gasteiger partial charge in [-0.2, -0.15) is 0 Å². The van der Waals surface area contributed by atoms with Gasteiger partial charge < -0.3 is 25.2 Å². The fraction of sp³-hybridized carbons (Fsp3) is 0.345. The van der Waals surface area contributed by atoms with Gasteiger partial charge in [0.1, 0.15) is 23.7 Å². The van der Waals surface area contributed by atoms with Gasteiger partial charge in [-0.05, 0) is 36.4 Å². The van der Waals surface area contributed by atoms with Crippen LogP contribution in [0.3, 0.4) is 0 Å². The fourth-order valence-corrected chi connectivity index (χ4v) is 5.20. The number of anilines is 5. The number of nitrogens with one attached hydrogen (secondary N) is 2. The van der Waals surface area contributed by atoms with Gasteiger partial charge in [-0.25, -0.2) is 19.4 Å². The fourth-order valence-electron chi connectivity index (χ4n) is 5.08. The molecular weight excluding hydrogens is 549 g/mol. The van der Waals surface area contributed by atoms with Crippen LogP contribution < -0.4 is 25.3 Å². The lowest BCUT2D eigenvalue weighted by Gasteiger charge is -2.36. The van der Waals surface area contributed by atoms with Crippen molar-refractivity contribution in [1.82, 2.24) is 14.9 Å². The van der Waals surface area contributed by atoms with Gasteiger partial charge >= 0.3 is 0 Å². The number of hydroxylamine groups is 1. The van der Waals surface area contributed by atoms with E-state index in [9.17, 15) is 9.18 Å². The number of nitrogens with zero attached hydrogens (tertiary/aromatic N) is 5. The van der Waals surface area contributed by atoms with Crippen LogP contribution in [0.1, 0.15) is 24.9 Å². The molecule has 2 N–H and O–H groups in total. The maximum Gasteiger partial charge on any atom is 0.247 e. The minimum atomic E-state index is -0.483. The highest BCUT2D eigenvalue weighted by atomic mass is 35.5. The molecule has 0 spiro atoms. The van der Waals surface area contributed by atoms with Gasteiger partial charge in [-0.15, -0.1) is 0 Å². The van der Waals surface area contributed by atoms with Crippen LogP contribution in [0.5, 0.6) is 5.75 Å². The van der Waals surface area contributed by atoms with E-state index >= 15 is 0 Å². The normalized spacial score (nSPS) is 17.4. The predicted molar refractivity (Wildman–Crippen MR) is 159 cm³/mol. The van der Waals surface area contributed by atoms with Crippen molar-refractivity contribution in [3.05, 3.63) is 71.8 Å². The third-order valence-electron chi connectivity index (χ3n) is 7.30. The molecule has 1 atom stereocenters. The molecule has 10 nitrogen and oxygen atoms in total. The summed E-state index contributed by atoms with van der Waals surface area (Å²) in [7, 11) is 1.60. The number of methoxy groups -OCH3 is 1. The highest BCUT2D eigenvalue weighted by Crippen LogP contribution is 2.40. The average Bonchev–Trinajstić information content (AvgIpc) is 3.49. The molecule has 1 aromatic heterocycles. The topological polar surface area (TPSA) is 95.1 Å². The van der Waals surface area contributed by atoms with E-state index in [0.29, 0.717) is 41.8 Å². The average molecular weight is 582 g/mol. The summed E-state index contributed by atoms with van der Waals surface area (Å²) in [5, 5.41) is 7.96. The molecule has 0 bridgehead atoms. The van der Waals surface area contributed by atoms with Crippen LogP contribution in [0.2, 0.25) is 5.02 Å². The van der Waals surface area contributed by atoms with Crippen molar-refractivity contribution in [2.45, 2.75) is 19.4 Å². The summed E-state index contributed by atoms with van der Waals surface area (Å²) < 4.78 is 19.9. The molecule has 1 amide bonds. The summed E-state index contributed by atoms with van der Waals surface area (Å²) in [4.78, 5) is 31.6. The van der Waals surface area contributed by atoms with Gasteiger partial charge in [0.25, 0.3) is 0 Å². The van der Waals surface area contributed by atoms with Crippen LogP contribution in [-0.4, -0.2) is 67.2 Å². The van der Waals surface area contributed by atoms with Gasteiger partial charge in [-0.3, -0.25) is 9.63 Å². The molecule has 0 saturated carbocycles. The number of aromatic nitrogens is 2. The largest absolute Gasteiger partial charge is 0.494 e. The molecule has 0 radical (unpaired) electrons. The van der Waals surface area contributed by atoms with E-state index in [2.05, 4.69) is 43.9 Å². The lowest BCUT2D eigenvalue weighted by Crippen LogP contribution is -2.46. The molecular formula is C29H33ClFN7O3. The maximum atomic E-state index is 14.2. The minimum Gasteiger partial charge on any atom is -0.494 e. The predicted octanol–water partition coefficient (Wildman–Crippen LogP) is 5.17. The second-order valence-corrected chi connectivity index (χ2v) is 10.1. The van der Waals surface area contributed by atoms with Crippen molar-refractivity contribution in [2.75, 3.05) is 67.0 Å². The van der Waals surface area contributed by atoms with Crippen molar-refractivity contribution in [3.8, 4) is 5.75 Å². The van der Waals surface area contributed by atoms with Gasteiger partial charge in [0.2, 0.25) is 5.91 Å². The number of hydrogen-bond acceptors (Lipinski definition) is 9. The Morgan fingerprint density at radius 1 is 1.20 bits per heavy atom. The zero-order valence-electron chi connectivity index (χ0n) is 23.1. The number of likely N-dealkylation sites (N-methyl/N-ethyl adjacent to an activating group) is 1. The highest BCUT2D eigenvalue weighted by Gasteiger charge is 2.30. The molecule has 1 unspecified atom stereocenters. The van der Waals surface area contributed by atoms with Crippen LogP contribution in [0.15, 0.2) is 55.4 Å². The summed E-state index contributed by atoms with van der Waals surface area (Å²) in [6.45, 7) is 10.7. The molecule has 12 heteroatoms. The molecule has 0 aliphatic carbocycles. The first-order chi connectivity index (χ1) is 19.9. The van der Waals surface area contributed by atoms with E-state index in [1.54, 1.807) is 24.3 Å². The summed E-state index contributed by atoms with van der Waals surface area (Å²) in [6, 6.07) is 9.98. The monoisotopic (exact) mass is 581 g/mol. The number of amides is 1. The first kappa shape index (κ1) is 28.6. The number of carbonyl (C=O) groups is 1. The Morgan fingerprint density at radius 3 is 2.71 bits per heavy atom. The van der Waals surface area contributed by atoms with E-state index in [4.69, 9.17) is 21.2 Å². The Labute approximate surface area is 243 Å². The Morgan fingerprint density at radius 2 is 2.00 bits per heavy atom. The van der Waals surface area contributed by atoms with Crippen molar-refractivity contribution < 1.29 is 18.8 Å². The molecule has 3 heterocycles. The van der Waals surface area contributed by atoms with Crippen molar-refractivity contribution >= 4 is 46.2 Å². The van der Waals surface area contributed by atoms with Crippen LogP contribution in [0, 0.1) is 5.82 Å². The van der Waals surface area contributed by atoms with E-state index < -0.39 is 5.82 Å². The first-order valence-electron chi connectivity index (χ1n) is 13.5. The van der Waals surface area contributed by atoms with Gasteiger partial charge in [0.15, 0.2) is 5.82 Å². The standard InChI is InChI=1S/C29H33ClFN7O3/c1-4-29(39)35-22-15-23(26(40-3)16-25(22)37-11-9-36(5-2)10-12-37)34-27-17-28(33-18-32-27)38-24(8-13-41-38)19-6-7-20(30)21(31)14-19/h4,6-7,14-18,24H,1,5,8-13H2,2-3H3,(H,35,39)(H,32,33,34). The smallest absolute Gasteiger partial charge is 0.247 e. The Kier molecular flexibility index (Phi) is 8.87. The third-order valence-corrected chi connectivity index (χ3v) is 7.60. The number of carbonyl (C=O) groups excluding carboxylic acids is 1. The van der Waals surface area contributed by atoms with Crippen LogP contribution in [0.25, 0.3) is 0 Å². The lowest BCUT2D eigenvalue weighted by atomic mass is 10.0. The van der Waals surface area contributed by atoms with E-state index in [1.165, 1.54) is 24.5 Å². The SMILES string of the molecule is C=CC(=O)Nc1cc(Nc2cc(N3OCCC3c3ccc(Cl)c(F)c3)ncn2)c(OC)cc1N1CCN(CC)CC1. The third kappa shape index (κ3) is 6.37. The minimum absolute atomic E-state index is 0.0690. The number of halogens is 2. The summed E-state index contributed by atoms with van der Waals surface area (Å²) in [6.07, 6.45) is 3.32. The number of rotatable bonds is 9. The summed E-state index contributed by atoms with van der Waals surface area (Å²) >= 11 is 5.88. The molecule has 41 heavy (non-hydrogen) atoms. The second-order valence-electron chi connectivity index (χ2n) is 9.71. The molecule has 3 aromatic rings. The lowest BCUT2D eigenvalue weighted by molar-refractivity contribution is -0.111. The molecule has 216 valence electrons. The Balaban J connectivity index is 1.43. The molecule has 2 fully saturated rings. The van der Waals surface area contributed by atoms with Gasteiger partial charge in [-0.1, -0.05) is 31.2 Å². The molecule has 5 rings (SSSR count). The van der Waals surface area contributed by atoms with E-state index in [0.717, 1.165) is 44.0 Å². The van der Waals surface area contributed by atoms with Gasteiger partial charge in [0, 0.05) is 44.7 Å². The van der Waals surface area contributed by atoms with Crippen molar-refractivity contribution in [1.29, 1.82) is 0 Å². The quantitative estimate of drug-likeness (QED) is 0.332. The zero-order chi connectivity index (χ0) is 28.9. The number of piperazine rings is 1. The molecule has 2 aliphatic rings. The number of benzene rings is 2. The van der Waals surface area contributed by atoms with Crippen LogP contribution in [0.4, 0.5) is 33.1 Å². The van der Waals surface area contributed by atoms with E-state index in [1.807, 2.05) is 12.1 Å². The van der Waals surface area contributed by atoms with Crippen molar-refractivity contribution in [3.63, 3.8) is 0 Å². The summed E-state index contributed by atoms with van der Waals surface area (Å²) in [5.41, 5.74) is 2.83. The van der Waals surface area contributed by atoms with E-state index in [-0.39, 0.29) is 17.0 Å². The number of hydrogen-bond donors (Lipinski definition) is 2. The molecule has 2 aromatic carbocycles. The Hall–Kier alpha value is -3.93. The molecule has 2 aliphatic heterocycles. The van der Waals surface area contributed by atoms with Crippen LogP contribution in [-0.2, 0) is 9.63 Å².